The first-order chi connectivity index (χ1) is 7.84. The van der Waals surface area contributed by atoms with E-state index in [0.717, 1.165) is 12.8 Å². The molecule has 3 N–H and O–H groups in total. The van der Waals surface area contributed by atoms with E-state index in [2.05, 4.69) is 19.2 Å². The Labute approximate surface area is 105 Å². The van der Waals surface area contributed by atoms with Gasteiger partial charge in [0.15, 0.2) is 0 Å². The lowest BCUT2D eigenvalue weighted by molar-refractivity contribution is -0.127. The molecule has 1 unspecified atom stereocenters. The Hall–Kier alpha value is -0.610. The number of rotatable bonds is 8. The second-order valence-corrected chi connectivity index (χ2v) is 5.16. The maximum atomic E-state index is 11.5. The number of nitrogens with two attached hydrogens (primary N) is 1. The van der Waals surface area contributed by atoms with Crippen molar-refractivity contribution in [2.24, 2.45) is 11.7 Å². The van der Waals surface area contributed by atoms with E-state index in [1.165, 1.54) is 0 Å². The summed E-state index contributed by atoms with van der Waals surface area (Å²) in [6.07, 6.45) is 1.71. The maximum absolute atomic E-state index is 11.5. The molecule has 0 aromatic carbocycles. The molecule has 1 amide bonds. The maximum Gasteiger partial charge on any atom is 0.246 e. The Kier molecular flexibility index (Phi) is 7.39. The summed E-state index contributed by atoms with van der Waals surface area (Å²) in [6.45, 7) is 10.7. The lowest BCUT2D eigenvalue weighted by atomic mass is 9.96. The minimum Gasteiger partial charge on any atom is -0.370 e. The van der Waals surface area contributed by atoms with E-state index in [0.29, 0.717) is 12.5 Å². The quantitative estimate of drug-likeness (QED) is 0.683. The van der Waals surface area contributed by atoms with E-state index in [4.69, 9.17) is 10.5 Å². The summed E-state index contributed by atoms with van der Waals surface area (Å²) in [5.41, 5.74) is 5.77. The molecule has 0 fully saturated rings. The first-order valence-electron chi connectivity index (χ1n) is 6.50. The molecule has 0 aromatic rings. The zero-order valence-electron chi connectivity index (χ0n) is 11.9. The van der Waals surface area contributed by atoms with E-state index in [1.54, 1.807) is 0 Å². The number of hydrogen-bond acceptors (Lipinski definition) is 3. The van der Waals surface area contributed by atoms with Gasteiger partial charge < -0.3 is 15.8 Å². The number of ether oxygens (including phenoxy) is 1. The van der Waals surface area contributed by atoms with Crippen molar-refractivity contribution in [1.29, 1.82) is 0 Å². The summed E-state index contributed by atoms with van der Waals surface area (Å²) in [4.78, 5) is 11.5. The third-order valence-electron chi connectivity index (χ3n) is 3.42. The van der Waals surface area contributed by atoms with Crippen LogP contribution < -0.4 is 11.1 Å². The van der Waals surface area contributed by atoms with Gasteiger partial charge in [-0.15, -0.1) is 0 Å². The van der Waals surface area contributed by atoms with Crippen LogP contribution in [0.1, 0.15) is 47.5 Å². The molecule has 17 heavy (non-hydrogen) atoms. The van der Waals surface area contributed by atoms with Gasteiger partial charge in [0.05, 0.1) is 6.61 Å². The Bertz CT molecular complexity index is 225. The molecular weight excluding hydrogens is 216 g/mol. The normalized spacial score (nSPS) is 13.8. The van der Waals surface area contributed by atoms with Gasteiger partial charge in [0, 0.05) is 11.6 Å². The van der Waals surface area contributed by atoms with Gasteiger partial charge in [0.1, 0.15) is 6.61 Å². The molecule has 0 saturated heterocycles. The molecule has 0 saturated carbocycles. The van der Waals surface area contributed by atoms with Crippen molar-refractivity contribution in [1.82, 2.24) is 5.32 Å². The van der Waals surface area contributed by atoms with Crippen LogP contribution in [0, 0.1) is 5.92 Å². The number of hydrogen-bond donors (Lipinski definition) is 2. The predicted octanol–water partition coefficient (Wildman–Crippen LogP) is 1.68. The Balaban J connectivity index is 3.86. The standard InChI is InChI=1S/C13H28N2O2/c1-6-13(14,7-2)9-17-8-12(16)15-11(5)10(3)4/h10-11H,6-9,14H2,1-5H3,(H,15,16). The molecule has 0 radical (unpaired) electrons. The van der Waals surface area contributed by atoms with Crippen LogP contribution >= 0.6 is 0 Å². The van der Waals surface area contributed by atoms with Crippen LogP contribution in [0.25, 0.3) is 0 Å². The molecule has 1 atom stereocenters. The van der Waals surface area contributed by atoms with Crippen molar-refractivity contribution in [2.45, 2.75) is 59.0 Å². The van der Waals surface area contributed by atoms with Crippen molar-refractivity contribution < 1.29 is 9.53 Å². The highest BCUT2D eigenvalue weighted by Gasteiger charge is 2.21. The zero-order chi connectivity index (χ0) is 13.5. The highest BCUT2D eigenvalue weighted by atomic mass is 16.5. The lowest BCUT2D eigenvalue weighted by Gasteiger charge is -2.26. The highest BCUT2D eigenvalue weighted by molar-refractivity contribution is 5.77. The van der Waals surface area contributed by atoms with Gasteiger partial charge in [-0.1, -0.05) is 27.7 Å². The minimum atomic E-state index is -0.302. The molecule has 4 nitrogen and oxygen atoms in total. The van der Waals surface area contributed by atoms with Gasteiger partial charge >= 0.3 is 0 Å². The van der Waals surface area contributed by atoms with E-state index in [1.807, 2.05) is 20.8 Å². The monoisotopic (exact) mass is 244 g/mol. The molecule has 0 aliphatic rings. The second-order valence-electron chi connectivity index (χ2n) is 5.16. The summed E-state index contributed by atoms with van der Waals surface area (Å²) >= 11 is 0. The highest BCUT2D eigenvalue weighted by Crippen LogP contribution is 2.11. The fourth-order valence-corrected chi connectivity index (χ4v) is 1.26. The molecule has 0 rings (SSSR count). The molecule has 0 aromatic heterocycles. The number of carbonyl (C=O) groups is 1. The molecule has 102 valence electrons. The van der Waals surface area contributed by atoms with Crippen LogP contribution in [0.2, 0.25) is 0 Å². The van der Waals surface area contributed by atoms with Gasteiger partial charge in [0.2, 0.25) is 5.91 Å². The van der Waals surface area contributed by atoms with Crippen LogP contribution in [-0.4, -0.2) is 30.7 Å². The summed E-state index contributed by atoms with van der Waals surface area (Å²) in [7, 11) is 0. The second kappa shape index (κ2) is 7.67. The molecule has 0 bridgehead atoms. The third kappa shape index (κ3) is 6.64. The van der Waals surface area contributed by atoms with E-state index < -0.39 is 0 Å². The molecule has 0 heterocycles. The summed E-state index contributed by atoms with van der Waals surface area (Å²) in [5.74, 6) is 0.361. The fraction of sp³-hybridized carbons (Fsp3) is 0.923. The van der Waals surface area contributed by atoms with Gasteiger partial charge in [-0.3, -0.25) is 4.79 Å². The van der Waals surface area contributed by atoms with Crippen LogP contribution in [0.5, 0.6) is 0 Å². The molecule has 4 heteroatoms. The van der Waals surface area contributed by atoms with Gasteiger partial charge in [-0.2, -0.15) is 0 Å². The average Bonchev–Trinajstić information content (AvgIpc) is 2.28. The first kappa shape index (κ1) is 16.4. The summed E-state index contributed by atoms with van der Waals surface area (Å²) in [5, 5.41) is 2.90. The Morgan fingerprint density at radius 1 is 1.29 bits per heavy atom. The van der Waals surface area contributed by atoms with Crippen LogP contribution in [0.15, 0.2) is 0 Å². The number of amides is 1. The van der Waals surface area contributed by atoms with Crippen LogP contribution in [0.4, 0.5) is 0 Å². The van der Waals surface area contributed by atoms with E-state index in [9.17, 15) is 4.79 Å². The minimum absolute atomic E-state index is 0.0687. The predicted molar refractivity (Wildman–Crippen MR) is 70.8 cm³/mol. The summed E-state index contributed by atoms with van der Waals surface area (Å²) in [6, 6.07) is 0.172. The van der Waals surface area contributed by atoms with Crippen molar-refractivity contribution >= 4 is 5.91 Å². The third-order valence-corrected chi connectivity index (χ3v) is 3.42. The largest absolute Gasteiger partial charge is 0.370 e. The van der Waals surface area contributed by atoms with Crippen molar-refractivity contribution in [3.05, 3.63) is 0 Å². The van der Waals surface area contributed by atoms with Crippen molar-refractivity contribution in [3.8, 4) is 0 Å². The van der Waals surface area contributed by atoms with Crippen molar-refractivity contribution in [3.63, 3.8) is 0 Å². The van der Waals surface area contributed by atoms with Gasteiger partial charge in [-0.05, 0) is 25.7 Å². The smallest absolute Gasteiger partial charge is 0.246 e. The molecule has 0 spiro atoms. The number of carbonyl (C=O) groups excluding carboxylic acids is 1. The molecule has 0 aliphatic heterocycles. The Morgan fingerprint density at radius 2 is 1.82 bits per heavy atom. The fourth-order valence-electron chi connectivity index (χ4n) is 1.26. The molecule has 0 aliphatic carbocycles. The first-order valence-corrected chi connectivity index (χ1v) is 6.50. The van der Waals surface area contributed by atoms with Crippen LogP contribution in [-0.2, 0) is 9.53 Å². The number of nitrogens with one attached hydrogen (secondary N) is 1. The topological polar surface area (TPSA) is 64.3 Å². The zero-order valence-corrected chi connectivity index (χ0v) is 11.9. The Morgan fingerprint density at radius 3 is 2.24 bits per heavy atom. The average molecular weight is 244 g/mol. The van der Waals surface area contributed by atoms with Crippen LogP contribution in [0.3, 0.4) is 0 Å². The van der Waals surface area contributed by atoms with E-state index in [-0.39, 0.29) is 24.1 Å². The van der Waals surface area contributed by atoms with Crippen molar-refractivity contribution in [2.75, 3.05) is 13.2 Å². The summed E-state index contributed by atoms with van der Waals surface area (Å²) < 4.78 is 5.39. The van der Waals surface area contributed by atoms with Gasteiger partial charge in [-0.25, -0.2) is 0 Å². The molecular formula is C13H28N2O2. The SMILES string of the molecule is CCC(N)(CC)COCC(=O)NC(C)C(C)C. The van der Waals surface area contributed by atoms with Gasteiger partial charge in [0.25, 0.3) is 0 Å². The van der Waals surface area contributed by atoms with E-state index >= 15 is 0 Å². The lowest BCUT2D eigenvalue weighted by Crippen LogP contribution is -2.45.